The maximum atomic E-state index is 14.3. The highest BCUT2D eigenvalue weighted by Gasteiger charge is 2.29. The van der Waals surface area contributed by atoms with Crippen molar-refractivity contribution in [2.45, 2.75) is 88.9 Å². The van der Waals surface area contributed by atoms with Crippen molar-refractivity contribution in [1.82, 2.24) is 25.4 Å². The molecule has 1 aliphatic carbocycles. The van der Waals surface area contributed by atoms with Gasteiger partial charge in [-0.2, -0.15) is 0 Å². The molecule has 4 aliphatic rings. The van der Waals surface area contributed by atoms with E-state index in [-0.39, 0.29) is 35.5 Å². The Morgan fingerprint density at radius 3 is 2.33 bits per heavy atom. The normalized spacial score (nSPS) is 23.2. The minimum atomic E-state index is -0.609. The summed E-state index contributed by atoms with van der Waals surface area (Å²) in [6, 6.07) is 17.9. The number of rotatable bonds is 11. The molecule has 2 amide bonds. The lowest BCUT2D eigenvalue weighted by Gasteiger charge is -2.36. The Morgan fingerprint density at radius 2 is 1.63 bits per heavy atom. The molecule has 4 heterocycles. The lowest BCUT2D eigenvalue weighted by molar-refractivity contribution is -0.122. The Labute approximate surface area is 304 Å². The van der Waals surface area contributed by atoms with Gasteiger partial charge in [-0.15, -0.1) is 11.8 Å². The van der Waals surface area contributed by atoms with Crippen molar-refractivity contribution in [1.29, 1.82) is 0 Å². The second kappa shape index (κ2) is 16.7. The molecule has 2 saturated heterocycles. The van der Waals surface area contributed by atoms with Gasteiger partial charge in [-0.05, 0) is 126 Å². The van der Waals surface area contributed by atoms with E-state index in [0.717, 1.165) is 54.2 Å². The molecule has 0 radical (unpaired) electrons. The van der Waals surface area contributed by atoms with Crippen LogP contribution < -0.4 is 15.4 Å². The van der Waals surface area contributed by atoms with Crippen molar-refractivity contribution in [3.8, 4) is 22.8 Å². The van der Waals surface area contributed by atoms with Gasteiger partial charge in [-0.25, -0.2) is 9.37 Å². The monoisotopic (exact) mass is 712 g/mol. The minimum Gasteiger partial charge on any atom is -0.438 e. The molecule has 2 aromatic carbocycles. The molecule has 0 bridgehead atoms. The van der Waals surface area contributed by atoms with E-state index in [1.54, 1.807) is 11.8 Å². The number of hydrogen-bond donors (Lipinski definition) is 2. The van der Waals surface area contributed by atoms with Crippen LogP contribution in [0.2, 0.25) is 0 Å². The molecule has 1 atom stereocenters. The van der Waals surface area contributed by atoms with Crippen molar-refractivity contribution in [2.75, 3.05) is 38.5 Å². The highest BCUT2D eigenvalue weighted by molar-refractivity contribution is 8.14. The summed E-state index contributed by atoms with van der Waals surface area (Å²) in [5.41, 5.74) is 3.42. The van der Waals surface area contributed by atoms with Gasteiger partial charge in [0, 0.05) is 30.4 Å². The van der Waals surface area contributed by atoms with Gasteiger partial charge < -0.3 is 25.2 Å². The molecule has 3 aliphatic heterocycles. The maximum absolute atomic E-state index is 14.3. The van der Waals surface area contributed by atoms with Crippen LogP contribution in [0, 0.1) is 5.82 Å². The van der Waals surface area contributed by atoms with Crippen LogP contribution in [0.4, 0.5) is 4.39 Å². The van der Waals surface area contributed by atoms with Gasteiger partial charge in [0.1, 0.15) is 23.2 Å². The predicted octanol–water partition coefficient (Wildman–Crippen LogP) is 6.47. The fraction of sp³-hybridized carbons (Fsp3) is 0.500. The van der Waals surface area contributed by atoms with E-state index >= 15 is 0 Å². The van der Waals surface area contributed by atoms with Gasteiger partial charge in [-0.3, -0.25) is 14.6 Å². The van der Waals surface area contributed by atoms with Crippen LogP contribution in [-0.2, 0) is 11.2 Å². The first kappa shape index (κ1) is 35.6. The second-order valence-electron chi connectivity index (χ2n) is 14.4. The van der Waals surface area contributed by atoms with E-state index in [1.165, 1.54) is 63.5 Å². The number of amides is 2. The lowest BCUT2D eigenvalue weighted by Crippen LogP contribution is -2.46. The molecular weight excluding hydrogens is 664 g/mol. The van der Waals surface area contributed by atoms with Gasteiger partial charge in [-0.1, -0.05) is 36.4 Å². The van der Waals surface area contributed by atoms with E-state index in [1.807, 2.05) is 31.2 Å². The molecule has 1 unspecified atom stereocenters. The molecule has 270 valence electrons. The van der Waals surface area contributed by atoms with Gasteiger partial charge >= 0.3 is 0 Å². The molecule has 9 nitrogen and oxygen atoms in total. The Kier molecular flexibility index (Phi) is 11.6. The number of hydrogen-bond acceptors (Lipinski definition) is 8. The number of pyridine rings is 1. The van der Waals surface area contributed by atoms with E-state index in [9.17, 15) is 14.0 Å². The zero-order valence-corrected chi connectivity index (χ0v) is 30.3. The Hall–Kier alpha value is -3.80. The third-order valence-electron chi connectivity index (χ3n) is 10.8. The number of carbonyl (C=O) groups excluding carboxylic acids is 2. The number of likely N-dealkylation sites (tertiary alicyclic amines) is 2. The summed E-state index contributed by atoms with van der Waals surface area (Å²) in [6.07, 6.45) is 10.3. The number of carbonyl (C=O) groups is 2. The zero-order valence-electron chi connectivity index (χ0n) is 29.5. The van der Waals surface area contributed by atoms with Gasteiger partial charge in [0.25, 0.3) is 5.91 Å². The third-order valence-corrected chi connectivity index (χ3v) is 11.8. The smallest absolute Gasteiger partial charge is 0.257 e. The molecule has 2 N–H and O–H groups in total. The van der Waals surface area contributed by atoms with Crippen LogP contribution >= 0.6 is 11.8 Å². The fourth-order valence-electron chi connectivity index (χ4n) is 7.86. The van der Waals surface area contributed by atoms with Crippen molar-refractivity contribution in [2.24, 2.45) is 4.99 Å². The van der Waals surface area contributed by atoms with Crippen molar-refractivity contribution < 1.29 is 18.7 Å². The second-order valence-corrected chi connectivity index (χ2v) is 15.6. The standard InChI is InChI=1S/C40H49FN6O3S/c1-27-43-37(26-51-27)39(49)45-33-13-11-32(12-14-33)44-38(48)36-24-31(41)25-42-40(36)50-35-6-4-5-30(23-35)29-9-7-28(8-10-29)15-20-46-21-16-34(17-22-46)47-18-2-3-19-47/h4-10,23-25,32-34,37H,2-3,11-22,26H2,1H3,(H,44,48)(H,45,49)/t32-,33+,37?. The summed E-state index contributed by atoms with van der Waals surface area (Å²) >= 11 is 1.61. The molecule has 11 heteroatoms. The number of aromatic nitrogens is 1. The van der Waals surface area contributed by atoms with Gasteiger partial charge in [0.2, 0.25) is 11.8 Å². The van der Waals surface area contributed by atoms with Crippen LogP contribution in [0.1, 0.15) is 74.2 Å². The first-order valence-electron chi connectivity index (χ1n) is 18.6. The highest BCUT2D eigenvalue weighted by Crippen LogP contribution is 2.30. The summed E-state index contributed by atoms with van der Waals surface area (Å²) < 4.78 is 20.5. The van der Waals surface area contributed by atoms with Crippen LogP contribution in [-0.4, -0.2) is 94.3 Å². The first-order chi connectivity index (χ1) is 24.9. The molecular formula is C40H49FN6O3S. The Morgan fingerprint density at radius 1 is 0.902 bits per heavy atom. The molecule has 7 rings (SSSR count). The molecule has 1 aromatic heterocycles. The number of halogens is 1. The zero-order chi connectivity index (χ0) is 35.2. The number of benzene rings is 2. The van der Waals surface area contributed by atoms with E-state index in [0.29, 0.717) is 24.3 Å². The summed E-state index contributed by atoms with van der Waals surface area (Å²) in [5.74, 6) is 0.179. The summed E-state index contributed by atoms with van der Waals surface area (Å²) in [6.45, 7) is 7.97. The van der Waals surface area contributed by atoms with Crippen LogP contribution in [0.3, 0.4) is 0 Å². The van der Waals surface area contributed by atoms with E-state index in [2.05, 4.69) is 54.7 Å². The molecule has 0 spiro atoms. The van der Waals surface area contributed by atoms with Crippen LogP contribution in [0.25, 0.3) is 11.1 Å². The number of ether oxygens (including phenoxy) is 1. The minimum absolute atomic E-state index is 0.0328. The molecule has 1 saturated carbocycles. The molecule has 51 heavy (non-hydrogen) atoms. The number of piperidine rings is 1. The van der Waals surface area contributed by atoms with Crippen LogP contribution in [0.15, 0.2) is 65.8 Å². The first-order valence-corrected chi connectivity index (χ1v) is 19.6. The number of thioether (sulfide) groups is 1. The van der Waals surface area contributed by atoms with Crippen molar-refractivity contribution in [3.63, 3.8) is 0 Å². The van der Waals surface area contributed by atoms with E-state index < -0.39 is 11.7 Å². The number of nitrogens with zero attached hydrogens (tertiary/aromatic N) is 4. The van der Waals surface area contributed by atoms with Gasteiger partial charge in [0.05, 0.1) is 11.2 Å². The SMILES string of the molecule is CC1=NC(C(=O)N[C@H]2CC[C@@H](NC(=O)c3cc(F)cnc3Oc3cccc(-c4ccc(CCN5CCC(N6CCCC6)CC5)cc4)c3)CC2)CS1. The fourth-order valence-corrected chi connectivity index (χ4v) is 8.68. The predicted molar refractivity (Wildman–Crippen MR) is 201 cm³/mol. The Balaban J connectivity index is 0.908. The van der Waals surface area contributed by atoms with Crippen molar-refractivity contribution in [3.05, 3.63) is 77.7 Å². The summed E-state index contributed by atoms with van der Waals surface area (Å²) in [4.78, 5) is 39.8. The largest absolute Gasteiger partial charge is 0.438 e. The molecule has 3 fully saturated rings. The maximum Gasteiger partial charge on any atom is 0.257 e. The van der Waals surface area contributed by atoms with Crippen LogP contribution in [0.5, 0.6) is 11.6 Å². The van der Waals surface area contributed by atoms with E-state index in [4.69, 9.17) is 4.74 Å². The number of nitrogens with one attached hydrogen (secondary N) is 2. The third kappa shape index (κ3) is 9.36. The lowest BCUT2D eigenvalue weighted by atomic mass is 9.90. The quantitative estimate of drug-likeness (QED) is 0.235. The number of aliphatic imine (C=N–C) groups is 1. The topological polar surface area (TPSA) is 99.2 Å². The summed E-state index contributed by atoms with van der Waals surface area (Å²) in [5, 5.41) is 7.11. The highest BCUT2D eigenvalue weighted by atomic mass is 32.2. The average molecular weight is 713 g/mol. The van der Waals surface area contributed by atoms with Gasteiger partial charge in [0.15, 0.2) is 0 Å². The molecule has 3 aromatic rings. The Bertz CT molecular complexity index is 1700. The van der Waals surface area contributed by atoms with Crippen molar-refractivity contribution >= 4 is 28.6 Å². The summed E-state index contributed by atoms with van der Waals surface area (Å²) in [7, 11) is 0. The average Bonchev–Trinajstić information content (AvgIpc) is 3.86.